The number of nitrogens with one attached hydrogen (secondary N) is 1. The van der Waals surface area contributed by atoms with Gasteiger partial charge in [-0.1, -0.05) is 30.3 Å². The smallest absolute Gasteiger partial charge is 0.306 e. The normalized spacial score (nSPS) is 11.0. The van der Waals surface area contributed by atoms with Crippen LogP contribution in [0.3, 0.4) is 0 Å². The van der Waals surface area contributed by atoms with Crippen LogP contribution in [0.15, 0.2) is 52.6 Å². The number of nitrogens with zero attached hydrogens (tertiary/aromatic N) is 1. The second kappa shape index (κ2) is 8.08. The summed E-state index contributed by atoms with van der Waals surface area (Å²) >= 11 is 3.07. The van der Waals surface area contributed by atoms with Crippen LogP contribution >= 0.6 is 22.7 Å². The van der Waals surface area contributed by atoms with Crippen molar-refractivity contribution in [3.63, 3.8) is 0 Å². The first-order valence-corrected chi connectivity index (χ1v) is 10.6. The zero-order valence-electron chi connectivity index (χ0n) is 15.2. The minimum Gasteiger partial charge on any atom is -0.458 e. The van der Waals surface area contributed by atoms with Gasteiger partial charge in [0.15, 0.2) is 0 Å². The number of carbonyl (C=O) groups is 1. The molecule has 0 unspecified atom stereocenters. The fourth-order valence-corrected chi connectivity index (χ4v) is 4.86. The van der Waals surface area contributed by atoms with Crippen LogP contribution in [0.4, 0.5) is 0 Å². The number of benzene rings is 1. The van der Waals surface area contributed by atoms with Crippen LogP contribution < -0.4 is 5.56 Å². The maximum atomic E-state index is 12.6. The van der Waals surface area contributed by atoms with Crippen LogP contribution in [0, 0.1) is 6.92 Å². The molecule has 0 bridgehead atoms. The fraction of sp³-hybridized carbons (Fsp3) is 0.190. The molecule has 1 N–H and O–H groups in total. The van der Waals surface area contributed by atoms with E-state index < -0.39 is 0 Å². The third kappa shape index (κ3) is 4.05. The molecule has 3 heterocycles. The van der Waals surface area contributed by atoms with Gasteiger partial charge in [0.2, 0.25) is 0 Å². The summed E-state index contributed by atoms with van der Waals surface area (Å²) in [6, 6.07) is 13.8. The molecule has 1 aromatic carbocycles. The minimum absolute atomic E-state index is 0.0376. The maximum Gasteiger partial charge on any atom is 0.306 e. The van der Waals surface area contributed by atoms with E-state index in [1.165, 1.54) is 16.2 Å². The highest BCUT2D eigenvalue weighted by molar-refractivity contribution is 7.19. The van der Waals surface area contributed by atoms with Crippen LogP contribution in [0.25, 0.3) is 20.7 Å². The van der Waals surface area contributed by atoms with Crippen molar-refractivity contribution in [2.24, 2.45) is 0 Å². The van der Waals surface area contributed by atoms with Gasteiger partial charge in [-0.2, -0.15) is 0 Å². The summed E-state index contributed by atoms with van der Waals surface area (Å²) in [5, 5.41) is 2.54. The van der Waals surface area contributed by atoms with Crippen molar-refractivity contribution in [1.29, 1.82) is 0 Å². The van der Waals surface area contributed by atoms with Crippen LogP contribution in [0.2, 0.25) is 0 Å². The first kappa shape index (κ1) is 18.6. The molecule has 0 aliphatic heterocycles. The lowest BCUT2D eigenvalue weighted by Gasteiger charge is -2.05. The molecule has 28 heavy (non-hydrogen) atoms. The van der Waals surface area contributed by atoms with Gasteiger partial charge >= 0.3 is 5.97 Å². The molecule has 0 spiro atoms. The molecule has 0 radical (unpaired) electrons. The predicted molar refractivity (Wildman–Crippen MR) is 113 cm³/mol. The number of H-pyrrole nitrogens is 1. The Morgan fingerprint density at radius 3 is 2.75 bits per heavy atom. The molecule has 3 aromatic heterocycles. The van der Waals surface area contributed by atoms with Crippen molar-refractivity contribution in [1.82, 2.24) is 9.97 Å². The van der Waals surface area contributed by atoms with Crippen LogP contribution in [-0.4, -0.2) is 15.9 Å². The molecule has 0 aliphatic rings. The van der Waals surface area contributed by atoms with E-state index >= 15 is 0 Å². The minimum atomic E-state index is -0.312. The van der Waals surface area contributed by atoms with Crippen LogP contribution in [0.5, 0.6) is 0 Å². The summed E-state index contributed by atoms with van der Waals surface area (Å²) in [5.74, 6) is 0.0499. The van der Waals surface area contributed by atoms with Gasteiger partial charge in [0.1, 0.15) is 17.3 Å². The van der Waals surface area contributed by atoms with Gasteiger partial charge < -0.3 is 9.72 Å². The summed E-state index contributed by atoms with van der Waals surface area (Å²) in [6.07, 6.45) is 0.911. The number of ether oxygens (including phenoxy) is 1. The van der Waals surface area contributed by atoms with Gasteiger partial charge in [0, 0.05) is 27.1 Å². The summed E-state index contributed by atoms with van der Waals surface area (Å²) in [6.45, 7) is 2.00. The predicted octanol–water partition coefficient (Wildman–Crippen LogP) is 4.70. The van der Waals surface area contributed by atoms with E-state index in [0.29, 0.717) is 22.5 Å². The number of carbonyl (C=O) groups excluding carboxylic acids is 1. The SMILES string of the molecule is Cc1ccc(-c2csc3nc(COC(=O)CCc4ccccc4)[nH]c(=O)c23)s1. The molecule has 142 valence electrons. The lowest BCUT2D eigenvalue weighted by atomic mass is 10.1. The molecule has 0 saturated carbocycles. The second-order valence-corrected chi connectivity index (χ2v) is 8.54. The van der Waals surface area contributed by atoms with E-state index in [9.17, 15) is 9.59 Å². The van der Waals surface area contributed by atoms with Crippen molar-refractivity contribution >= 4 is 38.9 Å². The van der Waals surface area contributed by atoms with Crippen LogP contribution in [0.1, 0.15) is 22.7 Å². The van der Waals surface area contributed by atoms with Gasteiger partial charge in [-0.15, -0.1) is 22.7 Å². The maximum absolute atomic E-state index is 12.6. The van der Waals surface area contributed by atoms with Crippen molar-refractivity contribution in [3.05, 3.63) is 74.5 Å². The third-order valence-corrected chi connectivity index (χ3v) is 6.24. The first-order chi connectivity index (χ1) is 13.6. The van der Waals surface area contributed by atoms with Gasteiger partial charge in [-0.3, -0.25) is 9.59 Å². The molecular formula is C21H18N2O3S2. The van der Waals surface area contributed by atoms with Crippen molar-refractivity contribution < 1.29 is 9.53 Å². The number of aromatic nitrogens is 2. The number of esters is 1. The first-order valence-electron chi connectivity index (χ1n) is 8.87. The lowest BCUT2D eigenvalue weighted by molar-refractivity contribution is -0.145. The largest absolute Gasteiger partial charge is 0.458 e. The van der Waals surface area contributed by atoms with E-state index in [1.807, 2.05) is 54.8 Å². The van der Waals surface area contributed by atoms with Crippen molar-refractivity contribution in [2.75, 3.05) is 0 Å². The monoisotopic (exact) mass is 410 g/mol. The van der Waals surface area contributed by atoms with Crippen molar-refractivity contribution in [3.8, 4) is 10.4 Å². The molecule has 5 nitrogen and oxygen atoms in total. The molecule has 0 saturated heterocycles. The molecule has 0 fully saturated rings. The lowest BCUT2D eigenvalue weighted by Crippen LogP contribution is -2.14. The highest BCUT2D eigenvalue weighted by Gasteiger charge is 2.15. The number of rotatable bonds is 6. The Labute approximate surface area is 169 Å². The summed E-state index contributed by atoms with van der Waals surface area (Å²) in [5.41, 5.74) is 1.78. The molecule has 0 aliphatic carbocycles. The Balaban J connectivity index is 1.45. The quantitative estimate of drug-likeness (QED) is 0.468. The molecule has 0 atom stereocenters. The van der Waals surface area contributed by atoms with Gasteiger partial charge in [-0.05, 0) is 31.0 Å². The van der Waals surface area contributed by atoms with Gasteiger partial charge in [0.25, 0.3) is 5.56 Å². The molecule has 7 heteroatoms. The standard InChI is InChI=1S/C21H18N2O3S2/c1-13-7-9-16(28-13)15-12-27-21-19(15)20(25)22-17(23-21)11-26-18(24)10-8-14-5-3-2-4-6-14/h2-7,9,12H,8,10-11H2,1H3,(H,22,23,25). The second-order valence-electron chi connectivity index (χ2n) is 6.40. The van der Waals surface area contributed by atoms with E-state index in [4.69, 9.17) is 4.74 Å². The average Bonchev–Trinajstić information content (AvgIpc) is 3.32. The summed E-state index contributed by atoms with van der Waals surface area (Å²) in [7, 11) is 0. The molecule has 4 aromatic rings. The Morgan fingerprint density at radius 1 is 1.18 bits per heavy atom. The highest BCUT2D eigenvalue weighted by atomic mass is 32.1. The number of aryl methyl sites for hydroxylation is 2. The zero-order valence-corrected chi connectivity index (χ0v) is 16.9. The Kier molecular flexibility index (Phi) is 5.36. The van der Waals surface area contributed by atoms with E-state index in [0.717, 1.165) is 16.0 Å². The Morgan fingerprint density at radius 2 is 2.00 bits per heavy atom. The number of thiophene rings is 2. The van der Waals surface area contributed by atoms with E-state index in [1.54, 1.807) is 11.3 Å². The van der Waals surface area contributed by atoms with Gasteiger partial charge in [0.05, 0.1) is 5.39 Å². The zero-order chi connectivity index (χ0) is 19.5. The summed E-state index contributed by atoms with van der Waals surface area (Å²) < 4.78 is 5.28. The van der Waals surface area contributed by atoms with Crippen molar-refractivity contribution in [2.45, 2.75) is 26.4 Å². The Bertz CT molecular complexity index is 1180. The topological polar surface area (TPSA) is 72.0 Å². The molecule has 0 amide bonds. The fourth-order valence-electron chi connectivity index (χ4n) is 2.93. The van der Waals surface area contributed by atoms with Gasteiger partial charge in [-0.25, -0.2) is 4.98 Å². The highest BCUT2D eigenvalue weighted by Crippen LogP contribution is 2.34. The van der Waals surface area contributed by atoms with E-state index in [-0.39, 0.29) is 24.6 Å². The number of hydrogen-bond acceptors (Lipinski definition) is 6. The molecular weight excluding hydrogens is 392 g/mol. The number of aromatic amines is 1. The summed E-state index contributed by atoms with van der Waals surface area (Å²) in [4.78, 5) is 34.7. The average molecular weight is 411 g/mol. The number of hydrogen-bond donors (Lipinski definition) is 1. The van der Waals surface area contributed by atoms with E-state index in [2.05, 4.69) is 9.97 Å². The van der Waals surface area contributed by atoms with Crippen LogP contribution in [-0.2, 0) is 22.6 Å². The number of fused-ring (bicyclic) bond motifs is 1. The Hall–Kier alpha value is -2.77. The molecule has 4 rings (SSSR count). The third-order valence-electron chi connectivity index (χ3n) is 4.33.